The largest absolute Gasteiger partial charge is 0.492 e. The van der Waals surface area contributed by atoms with Crippen molar-refractivity contribution < 1.29 is 22.7 Å². The monoisotopic (exact) mass is 488 g/mol. The third kappa shape index (κ3) is 5.31. The van der Waals surface area contributed by atoms with Crippen LogP contribution in [0.25, 0.3) is 10.9 Å². The van der Waals surface area contributed by atoms with Gasteiger partial charge in [-0.05, 0) is 31.2 Å². The highest BCUT2D eigenvalue weighted by molar-refractivity contribution is 8.15. The van der Waals surface area contributed by atoms with E-state index in [9.17, 15) is 13.2 Å². The summed E-state index contributed by atoms with van der Waals surface area (Å²) in [4.78, 5) is 23.6. The highest BCUT2D eigenvalue weighted by atomic mass is 32.2. The number of carbonyl (C=O) groups excluding carboxylic acids is 1. The lowest BCUT2D eigenvalue weighted by molar-refractivity contribution is -0.120. The minimum Gasteiger partial charge on any atom is -0.492 e. The van der Waals surface area contributed by atoms with Crippen LogP contribution in [0.5, 0.6) is 17.2 Å². The molecule has 0 saturated heterocycles. The molecule has 0 saturated carbocycles. The molecule has 0 spiro atoms. The minimum absolute atomic E-state index is 0.0000722. The zero-order chi connectivity index (χ0) is 23.6. The molecule has 2 N–H and O–H groups in total. The molecule has 1 atom stereocenters. The molecule has 1 aromatic carbocycles. The molecule has 4 rings (SSSR count). The number of hydrogen-bond acceptors (Lipinski definition) is 8. The van der Waals surface area contributed by atoms with Crippen LogP contribution >= 0.6 is 11.8 Å². The Balaban J connectivity index is 1.59. The van der Waals surface area contributed by atoms with E-state index in [2.05, 4.69) is 20.3 Å². The molecule has 0 aliphatic carbocycles. The summed E-state index contributed by atoms with van der Waals surface area (Å²) in [7, 11) is -1.75. The maximum Gasteiger partial charge on any atom is 0.220 e. The Labute approximate surface area is 195 Å². The van der Waals surface area contributed by atoms with Crippen molar-refractivity contribution in [2.24, 2.45) is 4.99 Å². The summed E-state index contributed by atoms with van der Waals surface area (Å²) in [6, 6.07) is 8.58. The number of nitrogens with zero attached hydrogens (tertiary/aromatic N) is 2. The average Bonchev–Trinajstić information content (AvgIpc) is 3.40. The summed E-state index contributed by atoms with van der Waals surface area (Å²) in [6.07, 6.45) is 2.90. The molecule has 2 aromatic heterocycles. The van der Waals surface area contributed by atoms with Crippen molar-refractivity contribution in [3.63, 3.8) is 0 Å². The van der Waals surface area contributed by atoms with Crippen LogP contribution in [0.1, 0.15) is 19.0 Å². The number of H-pyrrole nitrogens is 1. The number of ether oxygens (including phenoxy) is 2. The maximum atomic E-state index is 11.7. The molecular formula is C22H24N4O5S2. The Morgan fingerprint density at radius 3 is 2.76 bits per heavy atom. The molecule has 0 radical (unpaired) electrons. The lowest BCUT2D eigenvalue weighted by Gasteiger charge is -2.10. The number of fused-ring (bicyclic) bond motifs is 1. The van der Waals surface area contributed by atoms with Crippen molar-refractivity contribution in [2.45, 2.75) is 23.6 Å². The first-order valence-electron chi connectivity index (χ1n) is 10.3. The van der Waals surface area contributed by atoms with E-state index in [1.54, 1.807) is 30.9 Å². The first-order chi connectivity index (χ1) is 15.8. The minimum atomic E-state index is -3.38. The summed E-state index contributed by atoms with van der Waals surface area (Å²) in [5.74, 6) is 1.57. The normalized spacial score (nSPS) is 16.0. The van der Waals surface area contributed by atoms with Crippen molar-refractivity contribution in [2.75, 3.05) is 26.5 Å². The summed E-state index contributed by atoms with van der Waals surface area (Å²) in [6.45, 7) is 2.96. The number of sulfone groups is 1. The molecule has 1 unspecified atom stereocenters. The van der Waals surface area contributed by atoms with Crippen molar-refractivity contribution >= 4 is 43.5 Å². The van der Waals surface area contributed by atoms with Gasteiger partial charge in [-0.15, -0.1) is 0 Å². The van der Waals surface area contributed by atoms with Crippen LogP contribution in [0.3, 0.4) is 0 Å². The Kier molecular flexibility index (Phi) is 6.61. The number of aromatic amines is 1. The topological polar surface area (TPSA) is 123 Å². The third-order valence-electron chi connectivity index (χ3n) is 4.93. The molecule has 33 heavy (non-hydrogen) atoms. The van der Waals surface area contributed by atoms with Crippen LogP contribution < -0.4 is 14.8 Å². The smallest absolute Gasteiger partial charge is 0.220 e. The van der Waals surface area contributed by atoms with Crippen LogP contribution in [0, 0.1) is 0 Å². The van der Waals surface area contributed by atoms with Gasteiger partial charge in [0.25, 0.3) is 0 Å². The Hall–Kier alpha value is -3.05. The summed E-state index contributed by atoms with van der Waals surface area (Å²) in [5, 5.41) is 4.48. The highest BCUT2D eigenvalue weighted by Gasteiger charge is 2.24. The second-order valence-corrected chi connectivity index (χ2v) is 10.7. The van der Waals surface area contributed by atoms with Crippen LogP contribution in [0.2, 0.25) is 0 Å². The second-order valence-electron chi connectivity index (χ2n) is 7.47. The van der Waals surface area contributed by atoms with E-state index >= 15 is 0 Å². The molecule has 0 bridgehead atoms. The van der Waals surface area contributed by atoms with Gasteiger partial charge in [-0.3, -0.25) is 9.79 Å². The van der Waals surface area contributed by atoms with Gasteiger partial charge in [-0.1, -0.05) is 11.8 Å². The number of aliphatic imine (C=N–C) groups is 1. The number of benzene rings is 1. The fourth-order valence-corrected chi connectivity index (χ4v) is 5.04. The second kappa shape index (κ2) is 9.44. The molecular weight excluding hydrogens is 464 g/mol. The standard InChI is InChI=1S/C22H24N4O5S2/c1-4-30-18-9-15(31-14-5-6-20(24-11-14)33(3,28)29)7-13-8-17(26-21(13)18)22-25-12-16(32-22)10-19(27)23-2/h5-9,11,16,26H,4,10,12H2,1-3H3,(H,23,27). The number of carbonyl (C=O) groups is 1. The Morgan fingerprint density at radius 1 is 1.27 bits per heavy atom. The Bertz CT molecular complexity index is 1320. The lowest BCUT2D eigenvalue weighted by atomic mass is 10.2. The number of hydrogen-bond donors (Lipinski definition) is 2. The molecule has 1 aliphatic rings. The van der Waals surface area contributed by atoms with Gasteiger partial charge in [0.05, 0.1) is 30.6 Å². The summed E-state index contributed by atoms with van der Waals surface area (Å²) < 4.78 is 35.0. The quantitative estimate of drug-likeness (QED) is 0.499. The van der Waals surface area contributed by atoms with Gasteiger partial charge in [0.1, 0.15) is 22.3 Å². The van der Waals surface area contributed by atoms with Crippen LogP contribution in [-0.2, 0) is 14.6 Å². The predicted molar refractivity (Wildman–Crippen MR) is 128 cm³/mol. The summed E-state index contributed by atoms with van der Waals surface area (Å²) >= 11 is 1.58. The number of rotatable bonds is 8. The zero-order valence-corrected chi connectivity index (χ0v) is 20.0. The predicted octanol–water partition coefficient (Wildman–Crippen LogP) is 3.16. The molecule has 0 fully saturated rings. The molecule has 174 valence electrons. The van der Waals surface area contributed by atoms with Gasteiger partial charge < -0.3 is 19.8 Å². The Morgan fingerprint density at radius 2 is 2.09 bits per heavy atom. The van der Waals surface area contributed by atoms with Gasteiger partial charge in [0.2, 0.25) is 5.91 Å². The van der Waals surface area contributed by atoms with E-state index in [1.807, 2.05) is 19.1 Å². The number of nitrogens with one attached hydrogen (secondary N) is 2. The molecule has 1 aliphatic heterocycles. The summed E-state index contributed by atoms with van der Waals surface area (Å²) in [5.41, 5.74) is 1.68. The van der Waals surface area contributed by atoms with Gasteiger partial charge in [0, 0.05) is 36.4 Å². The first-order valence-corrected chi connectivity index (χ1v) is 13.1. The van der Waals surface area contributed by atoms with Gasteiger partial charge in [0.15, 0.2) is 14.9 Å². The number of aromatic nitrogens is 2. The number of amides is 1. The van der Waals surface area contributed by atoms with E-state index in [4.69, 9.17) is 9.47 Å². The fraction of sp³-hybridized carbons (Fsp3) is 0.318. The van der Waals surface area contributed by atoms with Crippen LogP contribution in [0.4, 0.5) is 0 Å². The zero-order valence-electron chi connectivity index (χ0n) is 18.4. The van der Waals surface area contributed by atoms with Gasteiger partial charge >= 0.3 is 0 Å². The third-order valence-corrected chi connectivity index (χ3v) is 7.15. The maximum absolute atomic E-state index is 11.7. The molecule has 1 amide bonds. The molecule has 3 heterocycles. The van der Waals surface area contributed by atoms with E-state index < -0.39 is 9.84 Å². The molecule has 11 heteroatoms. The van der Waals surface area contributed by atoms with E-state index in [1.165, 1.54) is 12.3 Å². The van der Waals surface area contributed by atoms with Gasteiger partial charge in [-0.25, -0.2) is 13.4 Å². The van der Waals surface area contributed by atoms with Crippen molar-refractivity contribution in [1.82, 2.24) is 15.3 Å². The van der Waals surface area contributed by atoms with Crippen LogP contribution in [-0.4, -0.2) is 61.0 Å². The van der Waals surface area contributed by atoms with Crippen molar-refractivity contribution in [1.29, 1.82) is 0 Å². The molecule has 9 nitrogen and oxygen atoms in total. The lowest BCUT2D eigenvalue weighted by Crippen LogP contribution is -2.22. The van der Waals surface area contributed by atoms with E-state index in [0.29, 0.717) is 36.8 Å². The van der Waals surface area contributed by atoms with Gasteiger partial charge in [-0.2, -0.15) is 0 Å². The molecule has 3 aromatic rings. The van der Waals surface area contributed by atoms with Crippen molar-refractivity contribution in [3.8, 4) is 17.2 Å². The van der Waals surface area contributed by atoms with E-state index in [0.717, 1.165) is 27.9 Å². The number of pyridine rings is 1. The average molecular weight is 489 g/mol. The highest BCUT2D eigenvalue weighted by Crippen LogP contribution is 2.36. The SMILES string of the molecule is CCOc1cc(Oc2ccc(S(C)(=O)=O)nc2)cc2cc(C3=NCC(CC(=O)NC)S3)[nH]c12. The first kappa shape index (κ1) is 23.1. The van der Waals surface area contributed by atoms with Crippen molar-refractivity contribution in [3.05, 3.63) is 42.2 Å². The van der Waals surface area contributed by atoms with Crippen LogP contribution in [0.15, 0.2) is 46.5 Å². The fourth-order valence-electron chi connectivity index (χ4n) is 3.39. The number of thioether (sulfide) groups is 1. The van der Waals surface area contributed by atoms with E-state index in [-0.39, 0.29) is 16.2 Å².